The van der Waals surface area contributed by atoms with E-state index in [-0.39, 0.29) is 22.5 Å². The van der Waals surface area contributed by atoms with E-state index in [0.717, 1.165) is 36.8 Å². The van der Waals surface area contributed by atoms with Gasteiger partial charge < -0.3 is 22.1 Å². The molecule has 1 aliphatic carbocycles. The topological polar surface area (TPSA) is 153 Å². The number of hydrogen-bond acceptors (Lipinski definition) is 8. The smallest absolute Gasteiger partial charge is 0.254 e. The molecule has 0 aliphatic heterocycles. The molecule has 0 saturated heterocycles. The van der Waals surface area contributed by atoms with Gasteiger partial charge in [0.15, 0.2) is 9.84 Å². The van der Waals surface area contributed by atoms with Gasteiger partial charge >= 0.3 is 0 Å². The minimum absolute atomic E-state index is 0.0311. The van der Waals surface area contributed by atoms with Crippen LogP contribution in [0.1, 0.15) is 36.0 Å². The van der Waals surface area contributed by atoms with E-state index in [1.54, 1.807) is 24.3 Å². The van der Waals surface area contributed by atoms with E-state index in [1.165, 1.54) is 12.5 Å². The van der Waals surface area contributed by atoms with Gasteiger partial charge in [-0.25, -0.2) is 13.4 Å². The Kier molecular flexibility index (Phi) is 6.80. The lowest BCUT2D eigenvalue weighted by atomic mass is 9.91. The molecule has 2 aromatic carbocycles. The van der Waals surface area contributed by atoms with Crippen molar-refractivity contribution in [2.45, 2.75) is 42.7 Å². The van der Waals surface area contributed by atoms with E-state index in [1.807, 2.05) is 24.3 Å². The van der Waals surface area contributed by atoms with Crippen molar-refractivity contribution in [1.82, 2.24) is 9.97 Å². The van der Waals surface area contributed by atoms with Crippen LogP contribution in [-0.4, -0.2) is 42.6 Å². The minimum atomic E-state index is -3.24. The summed E-state index contributed by atoms with van der Waals surface area (Å²) in [4.78, 5) is 20.9. The van der Waals surface area contributed by atoms with Crippen LogP contribution in [-0.2, 0) is 9.84 Å². The minimum Gasteiger partial charge on any atom is -0.365 e. The van der Waals surface area contributed by atoms with Crippen LogP contribution in [0, 0.1) is 0 Å². The summed E-state index contributed by atoms with van der Waals surface area (Å²) in [6.07, 6.45) is 6.69. The molecule has 1 saturated carbocycles. The number of anilines is 3. The summed E-state index contributed by atoms with van der Waals surface area (Å²) in [5.41, 5.74) is 14.4. The highest BCUT2D eigenvalue weighted by Crippen LogP contribution is 2.26. The molecule has 6 N–H and O–H groups in total. The summed E-state index contributed by atoms with van der Waals surface area (Å²) in [6.45, 7) is 0. The molecule has 1 heterocycles. The van der Waals surface area contributed by atoms with E-state index in [4.69, 9.17) is 11.5 Å². The van der Waals surface area contributed by atoms with Crippen LogP contribution in [0.5, 0.6) is 0 Å². The number of nitrogens with zero attached hydrogens (tertiary/aromatic N) is 2. The predicted molar refractivity (Wildman–Crippen MR) is 133 cm³/mol. The summed E-state index contributed by atoms with van der Waals surface area (Å²) in [5, 5.41) is 6.43. The van der Waals surface area contributed by atoms with Gasteiger partial charge in [0, 0.05) is 30.2 Å². The first-order valence-electron chi connectivity index (χ1n) is 11.1. The number of benzene rings is 2. The predicted octanol–water partition coefficient (Wildman–Crippen LogP) is 3.07. The molecule has 10 heteroatoms. The molecular weight excluding hydrogens is 452 g/mol. The Hall–Kier alpha value is -3.50. The first-order chi connectivity index (χ1) is 16.2. The summed E-state index contributed by atoms with van der Waals surface area (Å²) in [6, 6.07) is 14.3. The quantitative estimate of drug-likeness (QED) is 0.402. The maximum absolute atomic E-state index is 11.9. The van der Waals surface area contributed by atoms with Gasteiger partial charge in [-0.2, -0.15) is 4.98 Å². The highest BCUT2D eigenvalue weighted by atomic mass is 32.2. The Morgan fingerprint density at radius 2 is 1.62 bits per heavy atom. The molecule has 0 radical (unpaired) electrons. The number of nitrogens with one attached hydrogen (secondary N) is 2. The van der Waals surface area contributed by atoms with Crippen LogP contribution < -0.4 is 22.1 Å². The molecule has 178 valence electrons. The van der Waals surface area contributed by atoms with Crippen molar-refractivity contribution in [2.75, 3.05) is 16.9 Å². The van der Waals surface area contributed by atoms with Crippen molar-refractivity contribution < 1.29 is 13.2 Å². The number of hydrogen-bond donors (Lipinski definition) is 4. The van der Waals surface area contributed by atoms with Crippen molar-refractivity contribution in [3.05, 3.63) is 60.3 Å². The van der Waals surface area contributed by atoms with Crippen LogP contribution in [0.4, 0.5) is 17.5 Å². The van der Waals surface area contributed by atoms with E-state index >= 15 is 0 Å². The number of carbonyl (C=O) groups excluding carboxylic acids is 1. The maximum Gasteiger partial charge on any atom is 0.254 e. The Balaban J connectivity index is 1.53. The number of primary amides is 1. The Morgan fingerprint density at radius 3 is 2.21 bits per heavy atom. The van der Waals surface area contributed by atoms with E-state index in [0.29, 0.717) is 17.5 Å². The summed E-state index contributed by atoms with van der Waals surface area (Å²) < 4.78 is 23.3. The largest absolute Gasteiger partial charge is 0.365 e. The lowest BCUT2D eigenvalue weighted by Crippen LogP contribution is -2.43. The number of carbonyl (C=O) groups is 1. The highest BCUT2D eigenvalue weighted by molar-refractivity contribution is 7.90. The fourth-order valence-corrected chi connectivity index (χ4v) is 4.64. The fourth-order valence-electron chi connectivity index (χ4n) is 4.01. The van der Waals surface area contributed by atoms with Gasteiger partial charge in [-0.15, -0.1) is 0 Å². The summed E-state index contributed by atoms with van der Waals surface area (Å²) >= 11 is 0. The Morgan fingerprint density at radius 1 is 1.00 bits per heavy atom. The number of nitrogens with two attached hydrogens (primary N) is 2. The number of amides is 1. The lowest BCUT2D eigenvalue weighted by Gasteiger charge is -2.29. The molecule has 1 fully saturated rings. The average Bonchev–Trinajstić information content (AvgIpc) is 2.81. The molecule has 0 bridgehead atoms. The van der Waals surface area contributed by atoms with Crippen molar-refractivity contribution in [3.63, 3.8) is 0 Å². The average molecular weight is 481 g/mol. The highest BCUT2D eigenvalue weighted by Gasteiger charge is 2.23. The maximum atomic E-state index is 11.9. The van der Waals surface area contributed by atoms with Crippen LogP contribution in [0.3, 0.4) is 0 Å². The van der Waals surface area contributed by atoms with Crippen LogP contribution in [0.15, 0.2) is 59.6 Å². The molecule has 9 nitrogen and oxygen atoms in total. The van der Waals surface area contributed by atoms with Crippen molar-refractivity contribution in [2.24, 2.45) is 11.5 Å². The standard InChI is InChI=1S/C24H28N6O3S/c1-34(32,33)18-12-8-16(9-13-18)15-6-10-17(11-7-15)28-23-19(22(26)31)14-27-24(30-23)29-21-5-3-2-4-20(21)25/h6-14,20-21H,2-5,25H2,1H3,(H2,26,31)(H2,27,28,29,30)/t20-,21+/m0/s1. The zero-order chi connectivity index (χ0) is 24.3. The first-order valence-corrected chi connectivity index (χ1v) is 13.0. The lowest BCUT2D eigenvalue weighted by molar-refractivity contribution is 0.100. The third-order valence-corrected chi connectivity index (χ3v) is 7.08. The van der Waals surface area contributed by atoms with Crippen molar-refractivity contribution in [1.29, 1.82) is 0 Å². The second-order valence-corrected chi connectivity index (χ2v) is 10.5. The molecule has 0 unspecified atom stereocenters. The third-order valence-electron chi connectivity index (χ3n) is 5.95. The Bertz CT molecular complexity index is 1280. The Labute approximate surface area is 198 Å². The molecule has 0 spiro atoms. The van der Waals surface area contributed by atoms with Gasteiger partial charge in [0.1, 0.15) is 11.4 Å². The molecule has 1 amide bonds. The van der Waals surface area contributed by atoms with Gasteiger partial charge in [0.25, 0.3) is 5.91 Å². The normalized spacial score (nSPS) is 18.3. The first kappa shape index (κ1) is 23.7. The summed E-state index contributed by atoms with van der Waals surface area (Å²) in [7, 11) is -3.24. The van der Waals surface area contributed by atoms with Crippen LogP contribution in [0.25, 0.3) is 11.1 Å². The van der Waals surface area contributed by atoms with E-state index in [2.05, 4.69) is 20.6 Å². The second kappa shape index (κ2) is 9.78. The zero-order valence-corrected chi connectivity index (χ0v) is 19.7. The molecule has 4 rings (SSSR count). The molecule has 1 aromatic heterocycles. The van der Waals surface area contributed by atoms with Crippen molar-refractivity contribution >= 4 is 33.2 Å². The van der Waals surface area contributed by atoms with Crippen molar-refractivity contribution in [3.8, 4) is 11.1 Å². The zero-order valence-electron chi connectivity index (χ0n) is 18.9. The van der Waals surface area contributed by atoms with Gasteiger partial charge in [-0.1, -0.05) is 37.1 Å². The van der Waals surface area contributed by atoms with Crippen LogP contribution >= 0.6 is 0 Å². The molecule has 1 aliphatic rings. The van der Waals surface area contributed by atoms with Gasteiger partial charge in [-0.3, -0.25) is 4.79 Å². The third kappa shape index (κ3) is 5.52. The molecule has 2 atom stereocenters. The van der Waals surface area contributed by atoms with Crippen LogP contribution in [0.2, 0.25) is 0 Å². The number of rotatable bonds is 7. The SMILES string of the molecule is CS(=O)(=O)c1ccc(-c2ccc(Nc3nc(N[C@@H]4CCCC[C@@H]4N)ncc3C(N)=O)cc2)cc1. The fraction of sp³-hybridized carbons (Fsp3) is 0.292. The molecule has 34 heavy (non-hydrogen) atoms. The molecular formula is C24H28N6O3S. The number of aromatic nitrogens is 2. The van der Waals surface area contributed by atoms with Gasteiger partial charge in [0.05, 0.1) is 4.90 Å². The monoisotopic (exact) mass is 480 g/mol. The molecule has 3 aromatic rings. The van der Waals surface area contributed by atoms with E-state index < -0.39 is 15.7 Å². The van der Waals surface area contributed by atoms with Gasteiger partial charge in [-0.05, 0) is 48.2 Å². The van der Waals surface area contributed by atoms with Gasteiger partial charge in [0.2, 0.25) is 5.95 Å². The summed E-state index contributed by atoms with van der Waals surface area (Å²) in [5.74, 6) is 0.0584. The number of sulfone groups is 1. The second-order valence-electron chi connectivity index (χ2n) is 8.52. The van der Waals surface area contributed by atoms with E-state index in [9.17, 15) is 13.2 Å².